The normalized spacial score (nSPS) is 10.9. The fourth-order valence-electron chi connectivity index (χ4n) is 1.86. The number of anilines is 1. The van der Waals surface area contributed by atoms with Gasteiger partial charge in [0.05, 0.1) is 0 Å². The smallest absolute Gasteiger partial charge is 0.323 e. The molecule has 0 saturated heterocycles. The molecule has 19 heavy (non-hydrogen) atoms. The number of hydrogen-bond donors (Lipinski definition) is 1. The first kappa shape index (κ1) is 13.2. The first-order valence-electron chi connectivity index (χ1n) is 6.11. The number of hydrogen-bond acceptors (Lipinski definition) is 5. The van der Waals surface area contributed by atoms with Crippen LogP contribution < -0.4 is 4.90 Å². The number of fused-ring (bicyclic) bond motifs is 1. The standard InChI is InChI=1S/C13H16N4O2/c1-9(2)7-17(8-12(18)19)11-4-3-10-13(16-11)15-6-5-14-10/h3-6,9H,7-8H2,1-2H3,(H,18,19). The Balaban J connectivity index is 2.34. The van der Waals surface area contributed by atoms with Crippen molar-refractivity contribution in [1.29, 1.82) is 0 Å². The highest BCUT2D eigenvalue weighted by Gasteiger charge is 2.14. The zero-order valence-corrected chi connectivity index (χ0v) is 10.9. The monoisotopic (exact) mass is 260 g/mol. The molecule has 0 aromatic carbocycles. The van der Waals surface area contributed by atoms with Gasteiger partial charge in [0, 0.05) is 18.9 Å². The summed E-state index contributed by atoms with van der Waals surface area (Å²) in [5, 5.41) is 8.97. The molecule has 6 heteroatoms. The summed E-state index contributed by atoms with van der Waals surface area (Å²) in [4.78, 5) is 25.3. The highest BCUT2D eigenvalue weighted by molar-refractivity contribution is 5.75. The van der Waals surface area contributed by atoms with Gasteiger partial charge in [-0.25, -0.2) is 9.97 Å². The number of carbonyl (C=O) groups is 1. The predicted octanol–water partition coefficient (Wildman–Crippen LogP) is 1.57. The molecule has 0 fully saturated rings. The third-order valence-electron chi connectivity index (χ3n) is 2.55. The van der Waals surface area contributed by atoms with E-state index >= 15 is 0 Å². The minimum atomic E-state index is -0.873. The maximum atomic E-state index is 10.9. The summed E-state index contributed by atoms with van der Waals surface area (Å²) in [5.41, 5.74) is 1.23. The second-order valence-corrected chi connectivity index (χ2v) is 4.74. The molecule has 0 bridgehead atoms. The van der Waals surface area contributed by atoms with Crippen molar-refractivity contribution >= 4 is 23.0 Å². The Morgan fingerprint density at radius 3 is 2.74 bits per heavy atom. The lowest BCUT2D eigenvalue weighted by Crippen LogP contribution is -2.33. The first-order valence-corrected chi connectivity index (χ1v) is 6.11. The number of aliphatic carboxylic acids is 1. The average Bonchev–Trinajstić information content (AvgIpc) is 2.36. The summed E-state index contributed by atoms with van der Waals surface area (Å²) in [6.45, 7) is 4.63. The Hall–Kier alpha value is -2.24. The maximum absolute atomic E-state index is 10.9. The maximum Gasteiger partial charge on any atom is 0.323 e. The third-order valence-corrected chi connectivity index (χ3v) is 2.55. The van der Waals surface area contributed by atoms with E-state index in [1.807, 2.05) is 13.8 Å². The van der Waals surface area contributed by atoms with E-state index in [2.05, 4.69) is 15.0 Å². The van der Waals surface area contributed by atoms with Crippen LogP contribution in [-0.4, -0.2) is 39.1 Å². The molecule has 2 heterocycles. The quantitative estimate of drug-likeness (QED) is 0.879. The molecule has 0 atom stereocenters. The Morgan fingerprint density at radius 2 is 2.05 bits per heavy atom. The van der Waals surface area contributed by atoms with Crippen LogP contribution in [0.15, 0.2) is 24.5 Å². The molecule has 2 rings (SSSR count). The second kappa shape index (κ2) is 5.60. The first-order chi connectivity index (χ1) is 9.06. The number of nitrogens with zero attached hydrogens (tertiary/aromatic N) is 4. The van der Waals surface area contributed by atoms with Gasteiger partial charge in [-0.3, -0.25) is 9.78 Å². The molecular formula is C13H16N4O2. The van der Waals surface area contributed by atoms with Gasteiger partial charge in [0.15, 0.2) is 5.65 Å². The van der Waals surface area contributed by atoms with Gasteiger partial charge in [0.2, 0.25) is 0 Å². The lowest BCUT2D eigenvalue weighted by molar-refractivity contribution is -0.135. The van der Waals surface area contributed by atoms with Gasteiger partial charge in [-0.05, 0) is 18.1 Å². The van der Waals surface area contributed by atoms with E-state index < -0.39 is 5.97 Å². The fourth-order valence-corrected chi connectivity index (χ4v) is 1.86. The Labute approximate surface area is 111 Å². The topological polar surface area (TPSA) is 79.2 Å². The van der Waals surface area contributed by atoms with Crippen molar-refractivity contribution in [2.45, 2.75) is 13.8 Å². The van der Waals surface area contributed by atoms with Crippen LogP contribution in [0.4, 0.5) is 5.82 Å². The van der Waals surface area contributed by atoms with Crippen LogP contribution in [0.3, 0.4) is 0 Å². The molecule has 0 spiro atoms. The van der Waals surface area contributed by atoms with Crippen LogP contribution in [-0.2, 0) is 4.79 Å². The molecule has 0 unspecified atom stereocenters. The van der Waals surface area contributed by atoms with E-state index in [9.17, 15) is 4.79 Å². The summed E-state index contributed by atoms with van der Waals surface area (Å²) in [6, 6.07) is 3.59. The van der Waals surface area contributed by atoms with Gasteiger partial charge in [-0.1, -0.05) is 13.8 Å². The molecule has 0 amide bonds. The Bertz CT molecular complexity index is 586. The fraction of sp³-hybridized carbons (Fsp3) is 0.385. The van der Waals surface area contributed by atoms with E-state index in [1.54, 1.807) is 29.4 Å². The van der Waals surface area contributed by atoms with E-state index in [1.165, 1.54) is 0 Å². The highest BCUT2D eigenvalue weighted by atomic mass is 16.4. The van der Waals surface area contributed by atoms with Gasteiger partial charge in [0.25, 0.3) is 0 Å². The van der Waals surface area contributed by atoms with Crippen molar-refractivity contribution in [3.05, 3.63) is 24.5 Å². The summed E-state index contributed by atoms with van der Waals surface area (Å²) in [5.74, 6) is 0.0875. The molecule has 1 N–H and O–H groups in total. The van der Waals surface area contributed by atoms with Gasteiger partial charge >= 0.3 is 5.97 Å². The van der Waals surface area contributed by atoms with Gasteiger partial charge in [-0.2, -0.15) is 0 Å². The lowest BCUT2D eigenvalue weighted by atomic mass is 10.2. The Morgan fingerprint density at radius 1 is 1.32 bits per heavy atom. The minimum Gasteiger partial charge on any atom is -0.480 e. The molecule has 100 valence electrons. The molecule has 6 nitrogen and oxygen atoms in total. The van der Waals surface area contributed by atoms with Crippen molar-refractivity contribution in [2.75, 3.05) is 18.0 Å². The van der Waals surface area contributed by atoms with Gasteiger partial charge < -0.3 is 10.0 Å². The van der Waals surface area contributed by atoms with Crippen LogP contribution >= 0.6 is 0 Å². The van der Waals surface area contributed by atoms with Crippen molar-refractivity contribution in [3.8, 4) is 0 Å². The average molecular weight is 260 g/mol. The molecule has 0 radical (unpaired) electrons. The van der Waals surface area contributed by atoms with Gasteiger partial charge in [0.1, 0.15) is 17.9 Å². The lowest BCUT2D eigenvalue weighted by Gasteiger charge is -2.23. The summed E-state index contributed by atoms with van der Waals surface area (Å²) >= 11 is 0. The largest absolute Gasteiger partial charge is 0.480 e. The summed E-state index contributed by atoms with van der Waals surface area (Å²) in [7, 11) is 0. The van der Waals surface area contributed by atoms with Crippen molar-refractivity contribution in [1.82, 2.24) is 15.0 Å². The third kappa shape index (κ3) is 3.37. The molecule has 0 saturated carbocycles. The number of carboxylic acids is 1. The van der Waals surface area contributed by atoms with E-state index in [0.717, 1.165) is 0 Å². The van der Waals surface area contributed by atoms with E-state index in [-0.39, 0.29) is 6.54 Å². The van der Waals surface area contributed by atoms with E-state index in [4.69, 9.17) is 5.11 Å². The number of carboxylic acid groups (broad SMARTS) is 1. The minimum absolute atomic E-state index is 0.0725. The van der Waals surface area contributed by atoms with Crippen molar-refractivity contribution in [2.24, 2.45) is 5.92 Å². The zero-order valence-electron chi connectivity index (χ0n) is 10.9. The molecule has 0 aliphatic carbocycles. The SMILES string of the molecule is CC(C)CN(CC(=O)O)c1ccc2nccnc2n1. The van der Waals surface area contributed by atoms with Crippen LogP contribution in [0.25, 0.3) is 11.2 Å². The molecule has 0 aliphatic rings. The highest BCUT2D eigenvalue weighted by Crippen LogP contribution is 2.16. The van der Waals surface area contributed by atoms with E-state index in [0.29, 0.717) is 29.4 Å². The van der Waals surface area contributed by atoms with Crippen LogP contribution in [0.2, 0.25) is 0 Å². The van der Waals surface area contributed by atoms with Gasteiger partial charge in [-0.15, -0.1) is 0 Å². The summed E-state index contributed by atoms with van der Waals surface area (Å²) < 4.78 is 0. The molecular weight excluding hydrogens is 244 g/mol. The second-order valence-electron chi connectivity index (χ2n) is 4.74. The number of aromatic nitrogens is 3. The molecule has 2 aromatic heterocycles. The predicted molar refractivity (Wildman–Crippen MR) is 72.0 cm³/mol. The van der Waals surface area contributed by atoms with Crippen molar-refractivity contribution in [3.63, 3.8) is 0 Å². The van der Waals surface area contributed by atoms with Crippen molar-refractivity contribution < 1.29 is 9.90 Å². The van der Waals surface area contributed by atoms with Crippen LogP contribution in [0.5, 0.6) is 0 Å². The number of rotatable bonds is 5. The molecule has 0 aliphatic heterocycles. The number of pyridine rings is 1. The van der Waals surface area contributed by atoms with Crippen LogP contribution in [0, 0.1) is 5.92 Å². The van der Waals surface area contributed by atoms with Crippen LogP contribution in [0.1, 0.15) is 13.8 Å². The summed E-state index contributed by atoms with van der Waals surface area (Å²) in [6.07, 6.45) is 3.18. The molecule has 2 aromatic rings. The zero-order chi connectivity index (χ0) is 13.8. The Kier molecular flexibility index (Phi) is 3.89.